The van der Waals surface area contributed by atoms with Crippen molar-refractivity contribution in [3.8, 4) is 5.75 Å². The SMILES string of the molecule is CCCC(=O)N1CCC2(CC1)CN(C(=O)CC)[C@H](CO)c1c2c2ccc(OC)cc2n1C. The first-order valence-electron chi connectivity index (χ1n) is 11.8. The van der Waals surface area contributed by atoms with Crippen molar-refractivity contribution in [2.24, 2.45) is 7.05 Å². The van der Waals surface area contributed by atoms with Crippen LogP contribution in [0.3, 0.4) is 0 Å². The molecule has 1 spiro atoms. The fourth-order valence-electron chi connectivity index (χ4n) is 5.79. The molecule has 1 saturated heterocycles. The molecule has 0 saturated carbocycles. The average molecular weight is 442 g/mol. The lowest BCUT2D eigenvalue weighted by molar-refractivity contribution is -0.139. The van der Waals surface area contributed by atoms with Gasteiger partial charge in [0.25, 0.3) is 0 Å². The number of methoxy groups -OCH3 is 1. The number of piperidine rings is 1. The molecule has 2 amide bonds. The van der Waals surface area contributed by atoms with Crippen LogP contribution in [0.15, 0.2) is 18.2 Å². The minimum atomic E-state index is -0.369. The van der Waals surface area contributed by atoms with E-state index in [1.807, 2.05) is 42.8 Å². The molecule has 2 aliphatic heterocycles. The number of fused-ring (bicyclic) bond motifs is 4. The number of amides is 2. The zero-order chi connectivity index (χ0) is 23.0. The molecule has 7 heteroatoms. The topological polar surface area (TPSA) is 75.0 Å². The van der Waals surface area contributed by atoms with Crippen LogP contribution in [0, 0.1) is 0 Å². The second kappa shape index (κ2) is 8.77. The molecule has 1 aromatic carbocycles. The van der Waals surface area contributed by atoms with Crippen LogP contribution in [-0.2, 0) is 22.1 Å². The van der Waals surface area contributed by atoms with Crippen molar-refractivity contribution in [1.29, 1.82) is 0 Å². The fourth-order valence-corrected chi connectivity index (χ4v) is 5.79. The van der Waals surface area contributed by atoms with E-state index in [1.165, 1.54) is 5.56 Å². The Labute approximate surface area is 189 Å². The van der Waals surface area contributed by atoms with Crippen LogP contribution in [0.5, 0.6) is 5.75 Å². The van der Waals surface area contributed by atoms with Crippen molar-refractivity contribution in [1.82, 2.24) is 14.4 Å². The van der Waals surface area contributed by atoms with Gasteiger partial charge in [-0.2, -0.15) is 0 Å². The first-order valence-corrected chi connectivity index (χ1v) is 11.8. The molecule has 0 aliphatic carbocycles. The van der Waals surface area contributed by atoms with Gasteiger partial charge in [-0.15, -0.1) is 0 Å². The van der Waals surface area contributed by atoms with Gasteiger partial charge in [-0.3, -0.25) is 9.59 Å². The number of likely N-dealkylation sites (tertiary alicyclic amines) is 1. The molecule has 1 aromatic heterocycles. The third kappa shape index (κ3) is 3.47. The number of aliphatic hydroxyl groups excluding tert-OH is 1. The smallest absolute Gasteiger partial charge is 0.222 e. The Hall–Kier alpha value is -2.54. The van der Waals surface area contributed by atoms with Crippen molar-refractivity contribution < 1.29 is 19.4 Å². The fraction of sp³-hybridized carbons (Fsp3) is 0.600. The second-order valence-electron chi connectivity index (χ2n) is 9.19. The van der Waals surface area contributed by atoms with Gasteiger partial charge < -0.3 is 24.2 Å². The molecule has 2 aromatic rings. The van der Waals surface area contributed by atoms with Gasteiger partial charge in [0.2, 0.25) is 11.8 Å². The minimum absolute atomic E-state index is 0.0569. The number of hydrogen-bond acceptors (Lipinski definition) is 4. The summed E-state index contributed by atoms with van der Waals surface area (Å²) in [6.45, 7) is 5.77. The van der Waals surface area contributed by atoms with E-state index in [9.17, 15) is 14.7 Å². The highest BCUT2D eigenvalue weighted by Gasteiger charge is 2.49. The van der Waals surface area contributed by atoms with Crippen molar-refractivity contribution in [2.75, 3.05) is 33.4 Å². The normalized spacial score (nSPS) is 20.0. The first-order chi connectivity index (χ1) is 15.4. The summed E-state index contributed by atoms with van der Waals surface area (Å²) in [5.74, 6) is 1.06. The number of ether oxygens (including phenoxy) is 1. The highest BCUT2D eigenvalue weighted by molar-refractivity contribution is 5.89. The molecule has 0 bridgehead atoms. The quantitative estimate of drug-likeness (QED) is 0.774. The van der Waals surface area contributed by atoms with Crippen LogP contribution in [-0.4, -0.2) is 64.6 Å². The van der Waals surface area contributed by atoms with Gasteiger partial charge in [-0.1, -0.05) is 13.8 Å². The lowest BCUT2D eigenvalue weighted by Gasteiger charge is -2.50. The van der Waals surface area contributed by atoms with E-state index < -0.39 is 0 Å². The van der Waals surface area contributed by atoms with Crippen LogP contribution in [0.1, 0.15) is 63.3 Å². The Morgan fingerprint density at radius 1 is 1.19 bits per heavy atom. The van der Waals surface area contributed by atoms with E-state index in [0.29, 0.717) is 32.5 Å². The van der Waals surface area contributed by atoms with Gasteiger partial charge in [0.05, 0.1) is 25.3 Å². The number of aromatic nitrogens is 1. The van der Waals surface area contributed by atoms with Crippen LogP contribution in [0.2, 0.25) is 0 Å². The molecule has 2 aliphatic rings. The molecule has 1 fully saturated rings. The maximum Gasteiger partial charge on any atom is 0.222 e. The number of rotatable bonds is 5. The van der Waals surface area contributed by atoms with Crippen molar-refractivity contribution in [2.45, 2.75) is 57.4 Å². The maximum atomic E-state index is 13.0. The van der Waals surface area contributed by atoms with Gasteiger partial charge in [0, 0.05) is 62.1 Å². The van der Waals surface area contributed by atoms with E-state index in [-0.39, 0.29) is 29.9 Å². The van der Waals surface area contributed by atoms with Gasteiger partial charge in [-0.05, 0) is 37.0 Å². The Morgan fingerprint density at radius 3 is 2.50 bits per heavy atom. The number of aryl methyl sites for hydroxylation is 1. The number of hydrogen-bond donors (Lipinski definition) is 1. The summed E-state index contributed by atoms with van der Waals surface area (Å²) in [7, 11) is 3.67. The highest BCUT2D eigenvalue weighted by atomic mass is 16.5. The predicted octanol–water partition coefficient (Wildman–Crippen LogP) is 3.13. The molecule has 0 radical (unpaired) electrons. The number of carbonyl (C=O) groups excluding carboxylic acids is 2. The third-order valence-corrected chi connectivity index (χ3v) is 7.48. The molecule has 1 N–H and O–H groups in total. The number of carbonyl (C=O) groups is 2. The summed E-state index contributed by atoms with van der Waals surface area (Å²) in [4.78, 5) is 29.4. The standard InChI is InChI=1S/C25H35N3O4/c1-5-7-22(31)27-12-10-25(11-13-27)16-28(21(30)6-2)20(15-29)24-23(25)18-9-8-17(32-4)14-19(18)26(24)3/h8-9,14,20,29H,5-7,10-13,15-16H2,1-4H3/t20-/m1/s1. The summed E-state index contributed by atoms with van der Waals surface area (Å²) in [5, 5.41) is 11.5. The summed E-state index contributed by atoms with van der Waals surface area (Å²) < 4.78 is 7.59. The van der Waals surface area contributed by atoms with E-state index in [0.717, 1.165) is 41.6 Å². The van der Waals surface area contributed by atoms with E-state index in [4.69, 9.17) is 4.74 Å². The van der Waals surface area contributed by atoms with Gasteiger partial charge in [0.15, 0.2) is 0 Å². The van der Waals surface area contributed by atoms with E-state index in [2.05, 4.69) is 10.6 Å². The first kappa shape index (κ1) is 22.6. The Bertz CT molecular complexity index is 1020. The van der Waals surface area contributed by atoms with Gasteiger partial charge in [0.1, 0.15) is 5.75 Å². The van der Waals surface area contributed by atoms with Crippen molar-refractivity contribution in [3.05, 3.63) is 29.5 Å². The molecule has 0 unspecified atom stereocenters. The molecule has 174 valence electrons. The summed E-state index contributed by atoms with van der Waals surface area (Å²) >= 11 is 0. The Kier molecular flexibility index (Phi) is 6.21. The Morgan fingerprint density at radius 2 is 1.91 bits per heavy atom. The third-order valence-electron chi connectivity index (χ3n) is 7.48. The number of benzene rings is 1. The molecule has 1 atom stereocenters. The highest BCUT2D eigenvalue weighted by Crippen LogP contribution is 2.50. The van der Waals surface area contributed by atoms with Crippen LogP contribution >= 0.6 is 0 Å². The zero-order valence-corrected chi connectivity index (χ0v) is 19.7. The monoisotopic (exact) mass is 441 g/mol. The molecular formula is C25H35N3O4. The van der Waals surface area contributed by atoms with E-state index in [1.54, 1.807) is 7.11 Å². The zero-order valence-electron chi connectivity index (χ0n) is 19.7. The largest absolute Gasteiger partial charge is 0.497 e. The van der Waals surface area contributed by atoms with Crippen molar-refractivity contribution in [3.63, 3.8) is 0 Å². The lowest BCUT2D eigenvalue weighted by atomic mass is 9.68. The predicted molar refractivity (Wildman–Crippen MR) is 124 cm³/mol. The lowest BCUT2D eigenvalue weighted by Crippen LogP contribution is -2.56. The minimum Gasteiger partial charge on any atom is -0.497 e. The summed E-state index contributed by atoms with van der Waals surface area (Å²) in [6, 6.07) is 5.75. The number of nitrogens with zero attached hydrogens (tertiary/aromatic N) is 3. The summed E-state index contributed by atoms with van der Waals surface area (Å²) in [5.41, 5.74) is 3.06. The Balaban J connectivity index is 1.86. The maximum absolute atomic E-state index is 13.0. The van der Waals surface area contributed by atoms with Gasteiger partial charge >= 0.3 is 0 Å². The number of aliphatic hydroxyl groups is 1. The summed E-state index contributed by atoms with van der Waals surface area (Å²) in [6.07, 6.45) is 3.46. The molecular weight excluding hydrogens is 406 g/mol. The average Bonchev–Trinajstić information content (AvgIpc) is 3.12. The molecule has 4 rings (SSSR count). The molecule has 32 heavy (non-hydrogen) atoms. The second-order valence-corrected chi connectivity index (χ2v) is 9.19. The van der Waals surface area contributed by atoms with Gasteiger partial charge in [-0.25, -0.2) is 0 Å². The van der Waals surface area contributed by atoms with Crippen molar-refractivity contribution >= 4 is 22.7 Å². The van der Waals surface area contributed by atoms with Crippen LogP contribution < -0.4 is 4.74 Å². The van der Waals surface area contributed by atoms with E-state index >= 15 is 0 Å². The molecule has 7 nitrogen and oxygen atoms in total. The molecule has 3 heterocycles. The van der Waals surface area contributed by atoms with Crippen LogP contribution in [0.25, 0.3) is 10.9 Å². The van der Waals surface area contributed by atoms with Crippen LogP contribution in [0.4, 0.5) is 0 Å².